The molecule has 0 saturated carbocycles. The van der Waals surface area contributed by atoms with Crippen molar-refractivity contribution in [2.45, 2.75) is 26.2 Å². The highest BCUT2D eigenvalue weighted by Gasteiger charge is 2.22. The van der Waals surface area contributed by atoms with Gasteiger partial charge in [0, 0.05) is 17.9 Å². The summed E-state index contributed by atoms with van der Waals surface area (Å²) in [4.78, 5) is 2.48. The number of anilines is 1. The molecule has 0 fully saturated rings. The van der Waals surface area contributed by atoms with E-state index in [9.17, 15) is 0 Å². The van der Waals surface area contributed by atoms with E-state index in [1.165, 1.54) is 35.4 Å². The van der Waals surface area contributed by atoms with E-state index in [4.69, 9.17) is 0 Å². The van der Waals surface area contributed by atoms with Crippen LogP contribution in [-0.2, 0) is 0 Å². The van der Waals surface area contributed by atoms with Gasteiger partial charge in [-0.05, 0) is 42.2 Å². The Hall–Kier alpha value is -1.76. The largest absolute Gasteiger partial charge is 0.341 e. The molecule has 0 N–H and O–H groups in total. The van der Waals surface area contributed by atoms with Gasteiger partial charge < -0.3 is 4.90 Å². The van der Waals surface area contributed by atoms with Crippen molar-refractivity contribution >= 4 is 11.8 Å². The maximum absolute atomic E-state index is 2.48. The van der Waals surface area contributed by atoms with Gasteiger partial charge in [0.15, 0.2) is 0 Å². The third-order valence-corrected chi connectivity index (χ3v) is 3.64. The minimum Gasteiger partial charge on any atom is -0.341 e. The summed E-state index contributed by atoms with van der Waals surface area (Å²) >= 11 is 0. The first-order valence-electron chi connectivity index (χ1n) is 6.84. The zero-order chi connectivity index (χ0) is 12.4. The number of hydrogen-bond donors (Lipinski definition) is 0. The molecule has 3 rings (SSSR count). The number of fused-ring (bicyclic) bond motifs is 2. The monoisotopic (exact) mass is 237 g/mol. The Morgan fingerprint density at radius 2 is 2.11 bits per heavy atom. The van der Waals surface area contributed by atoms with Crippen molar-refractivity contribution in [2.75, 3.05) is 11.4 Å². The van der Waals surface area contributed by atoms with Crippen LogP contribution in [-0.4, -0.2) is 6.54 Å². The molecule has 1 nitrogen and oxygen atoms in total. The van der Waals surface area contributed by atoms with Crippen molar-refractivity contribution in [1.29, 1.82) is 0 Å². The van der Waals surface area contributed by atoms with E-state index in [1.54, 1.807) is 0 Å². The normalized spacial score (nSPS) is 16.8. The highest BCUT2D eigenvalue weighted by molar-refractivity contribution is 5.80. The quantitative estimate of drug-likeness (QED) is 0.746. The minimum atomic E-state index is 1.06. The van der Waals surface area contributed by atoms with Crippen LogP contribution in [0.3, 0.4) is 0 Å². The molecule has 2 aliphatic rings. The summed E-state index contributed by atoms with van der Waals surface area (Å²) in [6.45, 7) is 3.37. The van der Waals surface area contributed by atoms with Gasteiger partial charge in [0.2, 0.25) is 0 Å². The molecule has 0 radical (unpaired) electrons. The van der Waals surface area contributed by atoms with Crippen LogP contribution in [0.2, 0.25) is 0 Å². The fraction of sp³-hybridized carbons (Fsp3) is 0.294. The van der Waals surface area contributed by atoms with Gasteiger partial charge in [0.25, 0.3) is 0 Å². The van der Waals surface area contributed by atoms with Crippen molar-refractivity contribution in [3.8, 4) is 0 Å². The Morgan fingerprint density at radius 1 is 1.22 bits per heavy atom. The Bertz CT molecular complexity index is 534. The molecule has 1 heteroatoms. The molecule has 1 heterocycles. The van der Waals surface area contributed by atoms with Crippen LogP contribution < -0.4 is 4.90 Å². The second kappa shape index (κ2) is 4.85. The average Bonchev–Trinajstić information content (AvgIpc) is 2.43. The van der Waals surface area contributed by atoms with Crippen molar-refractivity contribution in [3.05, 3.63) is 59.3 Å². The molecular formula is C17H19N. The van der Waals surface area contributed by atoms with Crippen LogP contribution in [0.1, 0.15) is 31.7 Å². The zero-order valence-electron chi connectivity index (χ0n) is 10.9. The first-order valence-corrected chi connectivity index (χ1v) is 6.84. The zero-order valence-corrected chi connectivity index (χ0v) is 10.9. The summed E-state index contributed by atoms with van der Waals surface area (Å²) in [5, 5.41) is 0. The van der Waals surface area contributed by atoms with Gasteiger partial charge in [-0.15, -0.1) is 0 Å². The lowest BCUT2D eigenvalue weighted by Gasteiger charge is -2.34. The van der Waals surface area contributed by atoms with E-state index >= 15 is 0 Å². The summed E-state index contributed by atoms with van der Waals surface area (Å²) in [5.41, 5.74) is 5.56. The predicted molar refractivity (Wildman–Crippen MR) is 78.5 cm³/mol. The molecule has 0 unspecified atom stereocenters. The molecule has 18 heavy (non-hydrogen) atoms. The summed E-state index contributed by atoms with van der Waals surface area (Å²) in [7, 11) is 0. The molecule has 0 saturated heterocycles. The van der Waals surface area contributed by atoms with Crippen LogP contribution >= 0.6 is 0 Å². The third-order valence-electron chi connectivity index (χ3n) is 3.64. The highest BCUT2D eigenvalue weighted by Crippen LogP contribution is 2.37. The lowest BCUT2D eigenvalue weighted by molar-refractivity contribution is 0.763. The first-order chi connectivity index (χ1) is 8.90. The topological polar surface area (TPSA) is 3.24 Å². The SMILES string of the molecule is CCCCN1C2=CC=CCC2=Cc2ccccc21. The summed E-state index contributed by atoms with van der Waals surface area (Å²) < 4.78 is 0. The number of allylic oxidation sites excluding steroid dienone is 4. The smallest absolute Gasteiger partial charge is 0.0484 e. The average molecular weight is 237 g/mol. The summed E-state index contributed by atoms with van der Waals surface area (Å²) in [5.74, 6) is 0. The number of benzene rings is 1. The molecule has 92 valence electrons. The molecule has 1 aliphatic heterocycles. The van der Waals surface area contributed by atoms with E-state index in [2.05, 4.69) is 60.4 Å². The lowest BCUT2D eigenvalue weighted by atomic mass is 9.94. The lowest BCUT2D eigenvalue weighted by Crippen LogP contribution is -2.28. The number of hydrogen-bond acceptors (Lipinski definition) is 1. The minimum absolute atomic E-state index is 1.06. The molecule has 0 bridgehead atoms. The third kappa shape index (κ3) is 1.90. The van der Waals surface area contributed by atoms with Gasteiger partial charge in [-0.2, -0.15) is 0 Å². The summed E-state index contributed by atoms with van der Waals surface area (Å²) in [6, 6.07) is 8.71. The predicted octanol–water partition coefficient (Wildman–Crippen LogP) is 4.53. The fourth-order valence-electron chi connectivity index (χ4n) is 2.69. The number of nitrogens with zero attached hydrogens (tertiary/aromatic N) is 1. The Kier molecular flexibility index (Phi) is 3.06. The van der Waals surface area contributed by atoms with Crippen LogP contribution in [0.5, 0.6) is 0 Å². The first kappa shape index (κ1) is 11.3. The van der Waals surface area contributed by atoms with E-state index in [-0.39, 0.29) is 0 Å². The van der Waals surface area contributed by atoms with Crippen LogP contribution in [0, 0.1) is 0 Å². The van der Waals surface area contributed by atoms with Crippen molar-refractivity contribution in [1.82, 2.24) is 0 Å². The fourth-order valence-corrected chi connectivity index (χ4v) is 2.69. The van der Waals surface area contributed by atoms with Gasteiger partial charge >= 0.3 is 0 Å². The Balaban J connectivity index is 2.05. The van der Waals surface area contributed by atoms with Crippen LogP contribution in [0.25, 0.3) is 6.08 Å². The molecule has 1 aliphatic carbocycles. The molecule has 0 atom stereocenters. The summed E-state index contributed by atoms with van der Waals surface area (Å²) in [6.07, 6.45) is 12.5. The van der Waals surface area contributed by atoms with Gasteiger partial charge in [-0.25, -0.2) is 0 Å². The standard InChI is InChI=1S/C17H19N/c1-2-3-12-18-16-10-6-4-8-14(16)13-15-9-5-7-11-17(15)18/h4-8,10-11,13H,2-3,9,12H2,1H3. The second-order valence-electron chi connectivity index (χ2n) is 4.92. The molecular weight excluding hydrogens is 218 g/mol. The maximum atomic E-state index is 2.48. The number of para-hydroxylation sites is 1. The highest BCUT2D eigenvalue weighted by atomic mass is 15.1. The van der Waals surface area contributed by atoms with E-state index in [0.29, 0.717) is 0 Å². The Morgan fingerprint density at radius 3 is 3.00 bits per heavy atom. The molecule has 0 aromatic heterocycles. The van der Waals surface area contributed by atoms with E-state index in [1.807, 2.05) is 0 Å². The van der Waals surface area contributed by atoms with Crippen molar-refractivity contribution < 1.29 is 0 Å². The molecule has 0 amide bonds. The molecule has 1 aromatic rings. The van der Waals surface area contributed by atoms with Crippen molar-refractivity contribution in [3.63, 3.8) is 0 Å². The Labute approximate surface area is 109 Å². The molecule has 1 aromatic carbocycles. The van der Waals surface area contributed by atoms with Gasteiger partial charge in [0.1, 0.15) is 0 Å². The maximum Gasteiger partial charge on any atom is 0.0484 e. The molecule has 0 spiro atoms. The van der Waals surface area contributed by atoms with E-state index in [0.717, 1.165) is 13.0 Å². The van der Waals surface area contributed by atoms with Gasteiger partial charge in [-0.3, -0.25) is 0 Å². The van der Waals surface area contributed by atoms with Crippen LogP contribution in [0.15, 0.2) is 53.8 Å². The number of rotatable bonds is 3. The van der Waals surface area contributed by atoms with Crippen molar-refractivity contribution in [2.24, 2.45) is 0 Å². The number of unbranched alkanes of at least 4 members (excludes halogenated alkanes) is 1. The van der Waals surface area contributed by atoms with Crippen LogP contribution in [0.4, 0.5) is 5.69 Å². The van der Waals surface area contributed by atoms with Gasteiger partial charge in [0.05, 0.1) is 0 Å². The second-order valence-corrected chi connectivity index (χ2v) is 4.92. The van der Waals surface area contributed by atoms with E-state index < -0.39 is 0 Å². The van der Waals surface area contributed by atoms with Gasteiger partial charge in [-0.1, -0.05) is 43.7 Å².